The quantitative estimate of drug-likeness (QED) is 0.340. The summed E-state index contributed by atoms with van der Waals surface area (Å²) in [5, 5.41) is 12.3. The van der Waals surface area contributed by atoms with Gasteiger partial charge in [0.15, 0.2) is 11.5 Å². The van der Waals surface area contributed by atoms with Crippen LogP contribution in [0.2, 0.25) is 0 Å². The molecule has 2 amide bonds. The Hall–Kier alpha value is -4.42. The van der Waals surface area contributed by atoms with Crippen LogP contribution < -0.4 is 4.90 Å². The molecular weight excluding hydrogens is 551 g/mol. The van der Waals surface area contributed by atoms with Crippen molar-refractivity contribution < 1.29 is 27.5 Å². The van der Waals surface area contributed by atoms with Crippen molar-refractivity contribution in [2.24, 2.45) is 0 Å². The number of amides is 2. The van der Waals surface area contributed by atoms with E-state index in [1.165, 1.54) is 0 Å². The summed E-state index contributed by atoms with van der Waals surface area (Å²) in [7, 11) is 0. The number of imide groups is 1. The number of alkyl halides is 1. The lowest BCUT2D eigenvalue weighted by Crippen LogP contribution is -2.45. The Bertz CT molecular complexity index is 1660. The number of benzene rings is 1. The molecule has 0 aliphatic carbocycles. The Morgan fingerprint density at radius 2 is 1.95 bits per heavy atom. The lowest BCUT2D eigenvalue weighted by atomic mass is 10.0. The molecule has 3 atom stereocenters. The largest absolute Gasteiger partial charge is 0.443 e. The van der Waals surface area contributed by atoms with Crippen LogP contribution in [-0.4, -0.2) is 66.7 Å². The highest BCUT2D eigenvalue weighted by molar-refractivity contribution is 5.93. The highest BCUT2D eigenvalue weighted by Crippen LogP contribution is 2.41. The molecule has 13 heteroatoms. The second-order valence-electron chi connectivity index (χ2n) is 11.7. The number of carbonyl (C=O) groups is 2. The molecule has 4 aromatic rings. The first kappa shape index (κ1) is 27.7. The molecule has 0 spiro atoms. The summed E-state index contributed by atoms with van der Waals surface area (Å²) >= 11 is 0. The van der Waals surface area contributed by atoms with Crippen molar-refractivity contribution in [2.45, 2.75) is 63.9 Å². The zero-order valence-corrected chi connectivity index (χ0v) is 23.4. The van der Waals surface area contributed by atoms with Gasteiger partial charge in [0.05, 0.1) is 30.2 Å². The fraction of sp³-hybridized carbons (Fsp3) is 0.414. The van der Waals surface area contributed by atoms with E-state index in [2.05, 4.69) is 20.3 Å². The van der Waals surface area contributed by atoms with Crippen LogP contribution in [0.3, 0.4) is 0 Å². The van der Waals surface area contributed by atoms with Crippen LogP contribution >= 0.6 is 0 Å². The minimum Gasteiger partial charge on any atom is -0.443 e. The van der Waals surface area contributed by atoms with Crippen LogP contribution in [0.5, 0.6) is 0 Å². The number of rotatable bonds is 4. The number of hydrogen-bond acceptors (Lipinski definition) is 7. The summed E-state index contributed by atoms with van der Waals surface area (Å²) in [6.07, 6.45) is 3.83. The SMILES string of the molecule is CC(C)(C)OC(=O)N1CCC(n2cc(-c3cnc4[nH]nc(N5C[C@@H](F)C[C@@H]5c5cc(F)ccc5F)c4c3)cn2)CC1=O. The lowest BCUT2D eigenvalue weighted by molar-refractivity contribution is -0.133. The predicted molar refractivity (Wildman–Crippen MR) is 147 cm³/mol. The molecule has 42 heavy (non-hydrogen) atoms. The zero-order chi connectivity index (χ0) is 29.8. The second-order valence-corrected chi connectivity index (χ2v) is 11.7. The molecule has 10 nitrogen and oxygen atoms in total. The van der Waals surface area contributed by atoms with E-state index in [1.807, 2.05) is 12.3 Å². The van der Waals surface area contributed by atoms with E-state index in [4.69, 9.17) is 4.74 Å². The number of halogens is 3. The monoisotopic (exact) mass is 581 g/mol. The molecule has 2 saturated heterocycles. The van der Waals surface area contributed by atoms with E-state index in [0.29, 0.717) is 28.8 Å². The van der Waals surface area contributed by atoms with Gasteiger partial charge >= 0.3 is 6.09 Å². The summed E-state index contributed by atoms with van der Waals surface area (Å²) in [5.41, 5.74) is 1.27. The van der Waals surface area contributed by atoms with Gasteiger partial charge in [-0.3, -0.25) is 14.6 Å². The van der Waals surface area contributed by atoms with Crippen molar-refractivity contribution in [1.82, 2.24) is 29.9 Å². The maximum Gasteiger partial charge on any atom is 0.417 e. The first-order chi connectivity index (χ1) is 20.0. The number of nitrogens with zero attached hydrogens (tertiary/aromatic N) is 6. The number of hydrogen-bond donors (Lipinski definition) is 1. The molecule has 1 unspecified atom stereocenters. The summed E-state index contributed by atoms with van der Waals surface area (Å²) in [6.45, 7) is 5.43. The number of piperidine rings is 1. The molecule has 0 saturated carbocycles. The van der Waals surface area contributed by atoms with E-state index in [0.717, 1.165) is 28.7 Å². The van der Waals surface area contributed by atoms with Gasteiger partial charge in [0.1, 0.15) is 23.4 Å². The number of nitrogens with one attached hydrogen (secondary N) is 1. The van der Waals surface area contributed by atoms with Crippen molar-refractivity contribution in [1.29, 1.82) is 0 Å². The number of aromatic nitrogens is 5. The van der Waals surface area contributed by atoms with Crippen molar-refractivity contribution >= 4 is 28.9 Å². The Morgan fingerprint density at radius 1 is 1.14 bits per heavy atom. The van der Waals surface area contributed by atoms with Gasteiger partial charge in [0.25, 0.3) is 0 Å². The number of anilines is 1. The van der Waals surface area contributed by atoms with E-state index in [9.17, 15) is 22.8 Å². The van der Waals surface area contributed by atoms with Crippen molar-refractivity contribution in [3.05, 3.63) is 60.1 Å². The van der Waals surface area contributed by atoms with Gasteiger partial charge in [-0.25, -0.2) is 27.8 Å². The average molecular weight is 582 g/mol. The molecular formula is C29H30F3N7O3. The Kier molecular flexibility index (Phi) is 6.90. The number of aromatic amines is 1. The molecule has 2 aliphatic rings. The highest BCUT2D eigenvalue weighted by Gasteiger charge is 2.37. The third kappa shape index (κ3) is 5.30. The van der Waals surface area contributed by atoms with E-state index < -0.39 is 35.5 Å². The minimum atomic E-state index is -1.25. The summed E-state index contributed by atoms with van der Waals surface area (Å²) in [4.78, 5) is 32.4. The van der Waals surface area contributed by atoms with E-state index >= 15 is 0 Å². The van der Waals surface area contributed by atoms with Crippen LogP contribution in [0.1, 0.15) is 57.7 Å². The van der Waals surface area contributed by atoms with Crippen LogP contribution in [0, 0.1) is 11.6 Å². The molecule has 2 fully saturated rings. The topological polar surface area (TPSA) is 109 Å². The number of likely N-dealkylation sites (tertiary alicyclic amines) is 1. The lowest BCUT2D eigenvalue weighted by Gasteiger charge is -2.32. The fourth-order valence-electron chi connectivity index (χ4n) is 5.59. The maximum atomic E-state index is 14.7. The van der Waals surface area contributed by atoms with Crippen LogP contribution in [0.15, 0.2) is 42.9 Å². The number of carbonyl (C=O) groups excluding carboxylic acids is 2. The van der Waals surface area contributed by atoms with Gasteiger partial charge in [0, 0.05) is 48.5 Å². The molecule has 1 N–H and O–H groups in total. The first-order valence-corrected chi connectivity index (χ1v) is 13.7. The summed E-state index contributed by atoms with van der Waals surface area (Å²) < 4.78 is 50.3. The van der Waals surface area contributed by atoms with Gasteiger partial charge in [-0.2, -0.15) is 10.2 Å². The molecule has 1 aromatic carbocycles. The fourth-order valence-corrected chi connectivity index (χ4v) is 5.59. The number of ether oxygens (including phenoxy) is 1. The van der Waals surface area contributed by atoms with E-state index in [1.54, 1.807) is 42.7 Å². The molecule has 220 valence electrons. The van der Waals surface area contributed by atoms with Crippen LogP contribution in [0.4, 0.5) is 23.8 Å². The smallest absolute Gasteiger partial charge is 0.417 e. The summed E-state index contributed by atoms with van der Waals surface area (Å²) in [5.74, 6) is -1.15. The zero-order valence-electron chi connectivity index (χ0n) is 23.4. The number of pyridine rings is 1. The maximum absolute atomic E-state index is 14.7. The summed E-state index contributed by atoms with van der Waals surface area (Å²) in [6, 6.07) is 4.04. The van der Waals surface area contributed by atoms with Crippen LogP contribution in [-0.2, 0) is 9.53 Å². The van der Waals surface area contributed by atoms with Crippen molar-refractivity contribution in [3.8, 4) is 11.1 Å². The number of fused-ring (bicyclic) bond motifs is 1. The Morgan fingerprint density at radius 3 is 2.71 bits per heavy atom. The highest BCUT2D eigenvalue weighted by atomic mass is 19.1. The van der Waals surface area contributed by atoms with E-state index in [-0.39, 0.29) is 43.4 Å². The molecule has 0 radical (unpaired) electrons. The predicted octanol–water partition coefficient (Wildman–Crippen LogP) is 5.49. The van der Waals surface area contributed by atoms with Gasteiger partial charge in [-0.1, -0.05) is 0 Å². The standard InChI is InChI=1S/C29H30F3N7O3/c1-29(2,3)42-28(41)37-7-6-20(11-25(37)40)39-14-17(13-34-39)16-8-22-26(33-12-16)35-36-27(22)38-15-19(31)10-24(38)21-9-18(30)4-5-23(21)32/h4-5,8-9,12-14,19-20,24H,6-7,10-11,15H2,1-3H3,(H,33,35,36)/t19-,20?,24+/m0/s1. The minimum absolute atomic E-state index is 0.0000805. The van der Waals surface area contributed by atoms with Crippen molar-refractivity contribution in [3.63, 3.8) is 0 Å². The third-order valence-corrected chi connectivity index (χ3v) is 7.56. The molecule has 0 bridgehead atoms. The second kappa shape index (κ2) is 10.4. The van der Waals surface area contributed by atoms with Crippen molar-refractivity contribution in [2.75, 3.05) is 18.0 Å². The average Bonchev–Trinajstić information content (AvgIpc) is 3.66. The van der Waals surface area contributed by atoms with Gasteiger partial charge in [-0.15, -0.1) is 0 Å². The number of H-pyrrole nitrogens is 1. The Balaban J connectivity index is 1.24. The molecule has 3 aromatic heterocycles. The van der Waals surface area contributed by atoms with Gasteiger partial charge < -0.3 is 9.64 Å². The van der Waals surface area contributed by atoms with Gasteiger partial charge in [0.2, 0.25) is 5.91 Å². The molecule has 2 aliphatic heterocycles. The first-order valence-electron chi connectivity index (χ1n) is 13.7. The normalized spacial score (nSPS) is 21.4. The third-order valence-electron chi connectivity index (χ3n) is 7.56. The Labute approximate surface area is 239 Å². The van der Waals surface area contributed by atoms with Gasteiger partial charge in [-0.05, 0) is 51.5 Å². The van der Waals surface area contributed by atoms with Crippen LogP contribution in [0.25, 0.3) is 22.2 Å². The molecule has 5 heterocycles. The molecule has 6 rings (SSSR count).